The number of phenols is 1. The lowest BCUT2D eigenvalue weighted by atomic mass is 9.86. The molecular weight excluding hydrogens is 358 g/mol. The Morgan fingerprint density at radius 2 is 1.74 bits per heavy atom. The fourth-order valence-corrected chi connectivity index (χ4v) is 4.01. The number of hydrogen-bond acceptors (Lipinski definition) is 3. The van der Waals surface area contributed by atoms with Crippen LogP contribution in [-0.2, 0) is 19.4 Å². The van der Waals surface area contributed by atoms with E-state index >= 15 is 0 Å². The molecule has 4 heteroatoms. The minimum atomic E-state index is 0. The van der Waals surface area contributed by atoms with Crippen LogP contribution in [0, 0.1) is 0 Å². The SMILES string of the molecule is CCCN(CCC)[C@H]1CCc2c(ccc(OCc3ccccc3)c2O)C1.Cl. The maximum Gasteiger partial charge on any atom is 0.161 e. The zero-order valence-corrected chi connectivity index (χ0v) is 17.3. The highest BCUT2D eigenvalue weighted by Crippen LogP contribution is 2.38. The van der Waals surface area contributed by atoms with Crippen molar-refractivity contribution in [2.45, 2.75) is 58.6 Å². The van der Waals surface area contributed by atoms with E-state index in [0.717, 1.165) is 43.5 Å². The van der Waals surface area contributed by atoms with Gasteiger partial charge < -0.3 is 14.7 Å². The molecule has 0 saturated heterocycles. The Morgan fingerprint density at radius 1 is 1.04 bits per heavy atom. The van der Waals surface area contributed by atoms with Crippen molar-refractivity contribution in [1.82, 2.24) is 4.90 Å². The molecule has 0 spiro atoms. The van der Waals surface area contributed by atoms with Crippen LogP contribution < -0.4 is 4.74 Å². The monoisotopic (exact) mass is 389 g/mol. The second-order valence-electron chi connectivity index (χ2n) is 7.26. The van der Waals surface area contributed by atoms with Crippen LogP contribution in [0.3, 0.4) is 0 Å². The number of halogens is 1. The van der Waals surface area contributed by atoms with E-state index in [1.165, 1.54) is 18.4 Å². The second-order valence-corrected chi connectivity index (χ2v) is 7.26. The Hall–Kier alpha value is -1.71. The molecule has 0 bridgehead atoms. The summed E-state index contributed by atoms with van der Waals surface area (Å²) in [7, 11) is 0. The van der Waals surface area contributed by atoms with Crippen LogP contribution in [0.15, 0.2) is 42.5 Å². The van der Waals surface area contributed by atoms with Crippen molar-refractivity contribution in [2.24, 2.45) is 0 Å². The largest absolute Gasteiger partial charge is 0.504 e. The van der Waals surface area contributed by atoms with E-state index < -0.39 is 0 Å². The van der Waals surface area contributed by atoms with Gasteiger partial charge in [-0.2, -0.15) is 0 Å². The zero-order valence-electron chi connectivity index (χ0n) is 16.5. The van der Waals surface area contributed by atoms with Gasteiger partial charge in [-0.1, -0.05) is 50.2 Å². The van der Waals surface area contributed by atoms with E-state index in [1.807, 2.05) is 36.4 Å². The first kappa shape index (κ1) is 21.6. The van der Waals surface area contributed by atoms with E-state index in [2.05, 4.69) is 24.8 Å². The standard InChI is InChI=1S/C23H31NO2.ClH/c1-3-14-24(15-4-2)20-11-12-21-19(16-20)10-13-22(23(21)25)26-17-18-8-6-5-7-9-18;/h5-10,13,20,25H,3-4,11-12,14-17H2,1-2H3;1H/t20-;/m0./s1. The third kappa shape index (κ3) is 5.40. The predicted octanol–water partition coefficient (Wildman–Crippen LogP) is 5.37. The van der Waals surface area contributed by atoms with E-state index in [1.54, 1.807) is 0 Å². The Balaban J connectivity index is 0.00000261. The molecule has 1 atom stereocenters. The van der Waals surface area contributed by atoms with Crippen LogP contribution in [0.4, 0.5) is 0 Å². The maximum absolute atomic E-state index is 10.7. The first-order valence-electron chi connectivity index (χ1n) is 9.97. The Bertz CT molecular complexity index is 699. The summed E-state index contributed by atoms with van der Waals surface area (Å²) < 4.78 is 5.88. The summed E-state index contributed by atoms with van der Waals surface area (Å²) in [4.78, 5) is 2.62. The molecule has 0 fully saturated rings. The number of benzene rings is 2. The van der Waals surface area contributed by atoms with Crippen molar-refractivity contribution < 1.29 is 9.84 Å². The third-order valence-corrected chi connectivity index (χ3v) is 5.30. The molecule has 1 N–H and O–H groups in total. The molecule has 148 valence electrons. The minimum Gasteiger partial charge on any atom is -0.504 e. The van der Waals surface area contributed by atoms with Crippen molar-refractivity contribution in [1.29, 1.82) is 0 Å². The van der Waals surface area contributed by atoms with Gasteiger partial charge in [0, 0.05) is 11.6 Å². The fourth-order valence-electron chi connectivity index (χ4n) is 4.01. The highest BCUT2D eigenvalue weighted by atomic mass is 35.5. The van der Waals surface area contributed by atoms with E-state index in [4.69, 9.17) is 4.74 Å². The Labute approximate surface area is 169 Å². The van der Waals surface area contributed by atoms with Crippen LogP contribution in [0.5, 0.6) is 11.5 Å². The van der Waals surface area contributed by atoms with Gasteiger partial charge in [0.25, 0.3) is 0 Å². The molecule has 0 aromatic heterocycles. The fraction of sp³-hybridized carbons (Fsp3) is 0.478. The van der Waals surface area contributed by atoms with Gasteiger partial charge in [-0.15, -0.1) is 12.4 Å². The highest BCUT2D eigenvalue weighted by molar-refractivity contribution is 5.85. The van der Waals surface area contributed by atoms with Crippen LogP contribution in [0.2, 0.25) is 0 Å². The average Bonchev–Trinajstić information content (AvgIpc) is 2.68. The molecule has 3 rings (SSSR count). The maximum atomic E-state index is 10.7. The van der Waals surface area contributed by atoms with Crippen LogP contribution in [0.1, 0.15) is 49.8 Å². The molecule has 3 nitrogen and oxygen atoms in total. The number of nitrogens with zero attached hydrogens (tertiary/aromatic N) is 1. The summed E-state index contributed by atoms with van der Waals surface area (Å²) in [6.45, 7) is 7.32. The summed E-state index contributed by atoms with van der Waals surface area (Å²) in [5, 5.41) is 10.7. The van der Waals surface area contributed by atoms with Crippen molar-refractivity contribution >= 4 is 12.4 Å². The second kappa shape index (κ2) is 10.6. The quantitative estimate of drug-likeness (QED) is 0.658. The summed E-state index contributed by atoms with van der Waals surface area (Å²) in [5.41, 5.74) is 3.47. The van der Waals surface area contributed by atoms with Crippen molar-refractivity contribution in [3.8, 4) is 11.5 Å². The van der Waals surface area contributed by atoms with Crippen molar-refractivity contribution in [3.05, 3.63) is 59.2 Å². The number of ether oxygens (including phenoxy) is 1. The van der Waals surface area contributed by atoms with Gasteiger partial charge in [0.1, 0.15) is 6.61 Å². The zero-order chi connectivity index (χ0) is 18.4. The Kier molecular flexibility index (Phi) is 8.46. The van der Waals surface area contributed by atoms with Gasteiger partial charge >= 0.3 is 0 Å². The molecule has 0 aliphatic heterocycles. The smallest absolute Gasteiger partial charge is 0.161 e. The first-order valence-corrected chi connectivity index (χ1v) is 9.97. The molecule has 0 saturated carbocycles. The van der Waals surface area contributed by atoms with E-state index in [9.17, 15) is 5.11 Å². The molecule has 1 aliphatic rings. The normalized spacial score (nSPS) is 15.9. The lowest BCUT2D eigenvalue weighted by Crippen LogP contribution is -2.40. The summed E-state index contributed by atoms with van der Waals surface area (Å²) >= 11 is 0. The lowest BCUT2D eigenvalue weighted by Gasteiger charge is -2.35. The average molecular weight is 390 g/mol. The van der Waals surface area contributed by atoms with Gasteiger partial charge in [-0.25, -0.2) is 0 Å². The molecule has 2 aromatic carbocycles. The molecule has 0 radical (unpaired) electrons. The molecule has 0 amide bonds. The number of aromatic hydroxyl groups is 1. The van der Waals surface area contributed by atoms with Crippen LogP contribution in [0.25, 0.3) is 0 Å². The van der Waals surface area contributed by atoms with Crippen LogP contribution >= 0.6 is 12.4 Å². The van der Waals surface area contributed by atoms with Gasteiger partial charge in [0.2, 0.25) is 0 Å². The van der Waals surface area contributed by atoms with Gasteiger partial charge in [0.15, 0.2) is 11.5 Å². The number of rotatable bonds is 8. The predicted molar refractivity (Wildman–Crippen MR) is 114 cm³/mol. The topological polar surface area (TPSA) is 32.7 Å². The minimum absolute atomic E-state index is 0. The van der Waals surface area contributed by atoms with Crippen molar-refractivity contribution in [2.75, 3.05) is 13.1 Å². The van der Waals surface area contributed by atoms with E-state index in [-0.39, 0.29) is 12.4 Å². The highest BCUT2D eigenvalue weighted by Gasteiger charge is 2.26. The van der Waals surface area contributed by atoms with Crippen molar-refractivity contribution in [3.63, 3.8) is 0 Å². The molecule has 2 aromatic rings. The number of fused-ring (bicyclic) bond motifs is 1. The molecular formula is C23H32ClNO2. The third-order valence-electron chi connectivity index (χ3n) is 5.30. The van der Waals surface area contributed by atoms with Gasteiger partial charge in [0.05, 0.1) is 0 Å². The van der Waals surface area contributed by atoms with Gasteiger partial charge in [-0.05, 0) is 62.4 Å². The summed E-state index contributed by atoms with van der Waals surface area (Å²) in [6.07, 6.45) is 5.46. The molecule has 0 heterocycles. The number of hydrogen-bond donors (Lipinski definition) is 1. The lowest BCUT2D eigenvalue weighted by molar-refractivity contribution is 0.179. The van der Waals surface area contributed by atoms with Gasteiger partial charge in [-0.3, -0.25) is 0 Å². The summed E-state index contributed by atoms with van der Waals surface area (Å²) in [6, 6.07) is 14.8. The first-order chi connectivity index (χ1) is 12.7. The number of phenolic OH excluding ortho intramolecular Hbond substituents is 1. The summed E-state index contributed by atoms with van der Waals surface area (Å²) in [5.74, 6) is 0.944. The molecule has 27 heavy (non-hydrogen) atoms. The van der Waals surface area contributed by atoms with E-state index in [0.29, 0.717) is 24.1 Å². The molecule has 0 unspecified atom stereocenters. The van der Waals surface area contributed by atoms with Crippen LogP contribution in [-0.4, -0.2) is 29.1 Å². The Morgan fingerprint density at radius 3 is 2.41 bits per heavy atom. The molecule has 1 aliphatic carbocycles.